The predicted molar refractivity (Wildman–Crippen MR) is 83.2 cm³/mol. The Labute approximate surface area is 122 Å². The maximum atomic E-state index is 6.20. The minimum atomic E-state index is 0.141. The zero-order valence-corrected chi connectivity index (χ0v) is 12.4. The lowest BCUT2D eigenvalue weighted by atomic mass is 10.1. The molecule has 2 unspecified atom stereocenters. The fourth-order valence-corrected chi connectivity index (χ4v) is 3.07. The molecule has 1 aliphatic carbocycles. The minimum Gasteiger partial charge on any atom is -0.378 e. The molecule has 0 spiro atoms. The zero-order valence-electron chi connectivity index (χ0n) is 10.9. The van der Waals surface area contributed by atoms with Crippen LogP contribution in [0.25, 0.3) is 0 Å². The maximum absolute atomic E-state index is 6.20. The normalized spacial score (nSPS) is 21.2. The molecule has 19 heavy (non-hydrogen) atoms. The van der Waals surface area contributed by atoms with Crippen LogP contribution in [0.2, 0.25) is 0 Å². The van der Waals surface area contributed by atoms with E-state index in [-0.39, 0.29) is 6.04 Å². The van der Waals surface area contributed by atoms with E-state index < -0.39 is 0 Å². The van der Waals surface area contributed by atoms with Gasteiger partial charge in [-0.15, -0.1) is 0 Å². The molecule has 2 nitrogen and oxygen atoms in total. The summed E-state index contributed by atoms with van der Waals surface area (Å²) in [4.78, 5) is 0. The first-order chi connectivity index (χ1) is 9.15. The summed E-state index contributed by atoms with van der Waals surface area (Å²) in [5, 5.41) is 3.59. The Kier molecular flexibility index (Phi) is 3.33. The molecule has 0 fully saturated rings. The summed E-state index contributed by atoms with van der Waals surface area (Å²) in [7, 11) is 0. The number of hydrogen-bond donors (Lipinski definition) is 2. The van der Waals surface area contributed by atoms with Gasteiger partial charge in [0.15, 0.2) is 0 Å². The topological polar surface area (TPSA) is 38.0 Å². The average Bonchev–Trinajstić information content (AvgIpc) is 2.72. The Morgan fingerprint density at radius 3 is 2.63 bits per heavy atom. The van der Waals surface area contributed by atoms with Gasteiger partial charge in [-0.2, -0.15) is 0 Å². The third kappa shape index (κ3) is 2.40. The van der Waals surface area contributed by atoms with Gasteiger partial charge >= 0.3 is 0 Å². The van der Waals surface area contributed by atoms with Crippen LogP contribution in [0.4, 0.5) is 5.69 Å². The molecule has 0 heterocycles. The van der Waals surface area contributed by atoms with Crippen molar-refractivity contribution in [3.8, 4) is 0 Å². The van der Waals surface area contributed by atoms with Crippen molar-refractivity contribution < 1.29 is 0 Å². The molecule has 2 aromatic carbocycles. The van der Waals surface area contributed by atoms with Crippen LogP contribution in [0.3, 0.4) is 0 Å². The van der Waals surface area contributed by atoms with Crippen LogP contribution in [-0.4, -0.2) is 0 Å². The van der Waals surface area contributed by atoms with E-state index in [1.54, 1.807) is 0 Å². The van der Waals surface area contributed by atoms with E-state index in [1.165, 1.54) is 16.7 Å². The Hall–Kier alpha value is -1.32. The molecule has 2 aromatic rings. The molecule has 0 radical (unpaired) electrons. The van der Waals surface area contributed by atoms with Gasteiger partial charge in [0.2, 0.25) is 0 Å². The van der Waals surface area contributed by atoms with Gasteiger partial charge in [0, 0.05) is 16.2 Å². The van der Waals surface area contributed by atoms with Crippen LogP contribution in [0.1, 0.15) is 35.2 Å². The van der Waals surface area contributed by atoms with Gasteiger partial charge in [-0.3, -0.25) is 0 Å². The SMILES string of the molecule is Cc1ccc(NC2CC(N)c3ccccc32)cc1Br. The second kappa shape index (κ2) is 4.99. The molecule has 0 amide bonds. The van der Waals surface area contributed by atoms with Gasteiger partial charge in [-0.1, -0.05) is 46.3 Å². The number of hydrogen-bond acceptors (Lipinski definition) is 2. The summed E-state index contributed by atoms with van der Waals surface area (Å²) < 4.78 is 1.13. The molecule has 0 saturated heterocycles. The van der Waals surface area contributed by atoms with E-state index in [1.807, 2.05) is 0 Å². The Morgan fingerprint density at radius 2 is 1.89 bits per heavy atom. The van der Waals surface area contributed by atoms with Gasteiger partial charge in [0.25, 0.3) is 0 Å². The van der Waals surface area contributed by atoms with Crippen LogP contribution in [0.5, 0.6) is 0 Å². The van der Waals surface area contributed by atoms with Gasteiger partial charge in [0.1, 0.15) is 0 Å². The van der Waals surface area contributed by atoms with Crippen LogP contribution < -0.4 is 11.1 Å². The van der Waals surface area contributed by atoms with Crippen molar-refractivity contribution in [2.75, 3.05) is 5.32 Å². The van der Waals surface area contributed by atoms with Gasteiger partial charge in [-0.05, 0) is 42.2 Å². The zero-order chi connectivity index (χ0) is 13.4. The number of nitrogens with two attached hydrogens (primary N) is 1. The number of nitrogens with one attached hydrogen (secondary N) is 1. The molecule has 3 rings (SSSR count). The van der Waals surface area contributed by atoms with E-state index in [4.69, 9.17) is 5.73 Å². The number of fused-ring (bicyclic) bond motifs is 1. The Morgan fingerprint density at radius 1 is 1.16 bits per heavy atom. The molecule has 3 heteroatoms. The van der Waals surface area contributed by atoms with Crippen molar-refractivity contribution in [1.29, 1.82) is 0 Å². The molecule has 98 valence electrons. The summed E-state index contributed by atoms with van der Waals surface area (Å²) in [6.07, 6.45) is 0.949. The third-order valence-electron chi connectivity index (χ3n) is 3.77. The first kappa shape index (κ1) is 12.7. The smallest absolute Gasteiger partial charge is 0.0535 e. The van der Waals surface area contributed by atoms with Crippen molar-refractivity contribution in [3.63, 3.8) is 0 Å². The number of benzene rings is 2. The number of anilines is 1. The van der Waals surface area contributed by atoms with Gasteiger partial charge in [-0.25, -0.2) is 0 Å². The first-order valence-corrected chi connectivity index (χ1v) is 7.31. The van der Waals surface area contributed by atoms with Gasteiger partial charge < -0.3 is 11.1 Å². The van der Waals surface area contributed by atoms with Crippen molar-refractivity contribution >= 4 is 21.6 Å². The van der Waals surface area contributed by atoms with Crippen molar-refractivity contribution in [2.24, 2.45) is 5.73 Å². The molecule has 0 saturated carbocycles. The average molecular weight is 317 g/mol. The number of rotatable bonds is 2. The molecule has 0 aliphatic heterocycles. The fourth-order valence-electron chi connectivity index (χ4n) is 2.69. The molecule has 2 atom stereocenters. The lowest BCUT2D eigenvalue weighted by Gasteiger charge is -2.16. The predicted octanol–water partition coefficient (Wildman–Crippen LogP) is 4.31. The van der Waals surface area contributed by atoms with Crippen LogP contribution in [0.15, 0.2) is 46.9 Å². The largest absolute Gasteiger partial charge is 0.378 e. The molecular weight excluding hydrogens is 300 g/mol. The van der Waals surface area contributed by atoms with E-state index in [9.17, 15) is 0 Å². The third-order valence-corrected chi connectivity index (χ3v) is 4.63. The first-order valence-electron chi connectivity index (χ1n) is 6.52. The summed E-state index contributed by atoms with van der Waals surface area (Å²) in [6, 6.07) is 15.3. The molecule has 0 aromatic heterocycles. The van der Waals surface area contributed by atoms with Crippen molar-refractivity contribution in [2.45, 2.75) is 25.4 Å². The van der Waals surface area contributed by atoms with Crippen molar-refractivity contribution in [3.05, 3.63) is 63.6 Å². The highest BCUT2D eigenvalue weighted by Gasteiger charge is 2.27. The molecule has 0 bridgehead atoms. The highest BCUT2D eigenvalue weighted by Crippen LogP contribution is 2.39. The number of halogens is 1. The second-order valence-electron chi connectivity index (χ2n) is 5.13. The van der Waals surface area contributed by atoms with E-state index >= 15 is 0 Å². The van der Waals surface area contributed by atoms with Crippen molar-refractivity contribution in [1.82, 2.24) is 0 Å². The second-order valence-corrected chi connectivity index (χ2v) is 5.99. The summed E-state index contributed by atoms with van der Waals surface area (Å²) in [5.41, 5.74) is 11.2. The fraction of sp³-hybridized carbons (Fsp3) is 0.250. The maximum Gasteiger partial charge on any atom is 0.0535 e. The highest BCUT2D eigenvalue weighted by atomic mass is 79.9. The summed E-state index contributed by atoms with van der Waals surface area (Å²) in [6.45, 7) is 2.09. The minimum absolute atomic E-state index is 0.141. The van der Waals surface area contributed by atoms with E-state index in [2.05, 4.69) is 70.6 Å². The van der Waals surface area contributed by atoms with Gasteiger partial charge in [0.05, 0.1) is 6.04 Å². The lowest BCUT2D eigenvalue weighted by molar-refractivity contribution is 0.648. The van der Waals surface area contributed by atoms with E-state index in [0.29, 0.717) is 6.04 Å². The molecular formula is C16H17BrN2. The Bertz CT molecular complexity index is 609. The quantitative estimate of drug-likeness (QED) is 0.866. The number of aryl methyl sites for hydroxylation is 1. The summed E-state index contributed by atoms with van der Waals surface area (Å²) in [5.74, 6) is 0. The van der Waals surface area contributed by atoms with Crippen LogP contribution in [0, 0.1) is 6.92 Å². The van der Waals surface area contributed by atoms with E-state index in [0.717, 1.165) is 16.6 Å². The monoisotopic (exact) mass is 316 g/mol. The van der Waals surface area contributed by atoms with Crippen LogP contribution >= 0.6 is 15.9 Å². The van der Waals surface area contributed by atoms with Crippen LogP contribution in [-0.2, 0) is 0 Å². The standard InChI is InChI=1S/C16H17BrN2/c1-10-6-7-11(8-14(10)17)19-16-9-15(18)12-4-2-3-5-13(12)16/h2-8,15-16,19H,9,18H2,1H3. The molecule has 1 aliphatic rings. The molecule has 3 N–H and O–H groups in total. The lowest BCUT2D eigenvalue weighted by Crippen LogP contribution is -2.10. The summed E-state index contributed by atoms with van der Waals surface area (Å²) >= 11 is 3.57. The highest BCUT2D eigenvalue weighted by molar-refractivity contribution is 9.10. The Balaban J connectivity index is 1.87.